The fourth-order valence-electron chi connectivity index (χ4n) is 2.99. The lowest BCUT2D eigenvalue weighted by Crippen LogP contribution is -2.00. The predicted octanol–water partition coefficient (Wildman–Crippen LogP) is 4.84. The third kappa shape index (κ3) is 2.87. The van der Waals surface area contributed by atoms with E-state index in [2.05, 4.69) is 43.8 Å². The molecule has 4 rings (SSSR count). The fraction of sp³-hybridized carbons (Fsp3) is 0.105. The first kappa shape index (κ1) is 15.1. The van der Waals surface area contributed by atoms with E-state index in [0.29, 0.717) is 12.1 Å². The average molecular weight is 384 g/mol. The number of fused-ring (bicyclic) bond motifs is 1. The number of rotatable bonds is 4. The zero-order chi connectivity index (χ0) is 16.5. The lowest BCUT2D eigenvalue weighted by Gasteiger charge is -2.06. The maximum Gasteiger partial charge on any atom is 0.128 e. The molecule has 0 aliphatic rings. The van der Waals surface area contributed by atoms with Crippen molar-refractivity contribution in [3.8, 4) is 0 Å². The molecule has 0 saturated carbocycles. The number of hydrogen-bond donors (Lipinski definition) is 0. The topological polar surface area (TPSA) is 22.8 Å². The Morgan fingerprint density at radius 1 is 1.04 bits per heavy atom. The summed E-state index contributed by atoms with van der Waals surface area (Å²) in [6.45, 7) is 1.24. The van der Waals surface area contributed by atoms with Crippen LogP contribution in [0.1, 0.15) is 11.1 Å². The van der Waals surface area contributed by atoms with Crippen molar-refractivity contribution < 1.29 is 4.39 Å². The van der Waals surface area contributed by atoms with Crippen LogP contribution < -0.4 is 0 Å². The minimum absolute atomic E-state index is 0.173. The van der Waals surface area contributed by atoms with Crippen LogP contribution >= 0.6 is 15.9 Å². The summed E-state index contributed by atoms with van der Waals surface area (Å²) in [5.74, 6) is -0.173. The Bertz CT molecular complexity index is 989. The van der Waals surface area contributed by atoms with Crippen molar-refractivity contribution in [2.24, 2.45) is 0 Å². The summed E-state index contributed by atoms with van der Waals surface area (Å²) in [7, 11) is 0. The molecule has 0 saturated heterocycles. The smallest absolute Gasteiger partial charge is 0.128 e. The molecule has 3 nitrogen and oxygen atoms in total. The Hall–Kier alpha value is -2.40. The second-order valence-corrected chi connectivity index (χ2v) is 6.69. The van der Waals surface area contributed by atoms with E-state index >= 15 is 0 Å². The molecule has 2 heterocycles. The number of halogens is 2. The quantitative estimate of drug-likeness (QED) is 0.494. The number of nitrogens with zero attached hydrogens (tertiary/aromatic N) is 3. The second kappa shape index (κ2) is 6.24. The van der Waals surface area contributed by atoms with Gasteiger partial charge in [-0.2, -0.15) is 0 Å². The molecule has 24 heavy (non-hydrogen) atoms. The van der Waals surface area contributed by atoms with E-state index in [4.69, 9.17) is 0 Å². The summed E-state index contributed by atoms with van der Waals surface area (Å²) in [6.07, 6.45) is 7.62. The molecule has 0 aliphatic heterocycles. The Morgan fingerprint density at radius 2 is 1.92 bits per heavy atom. The molecule has 5 heteroatoms. The normalized spacial score (nSPS) is 11.2. The first-order valence-electron chi connectivity index (χ1n) is 7.67. The van der Waals surface area contributed by atoms with E-state index in [1.807, 2.05) is 29.0 Å². The van der Waals surface area contributed by atoms with Gasteiger partial charge in [-0.05, 0) is 29.8 Å². The van der Waals surface area contributed by atoms with Crippen LogP contribution in [0, 0.1) is 5.82 Å². The van der Waals surface area contributed by atoms with Crippen LogP contribution in [-0.4, -0.2) is 14.1 Å². The highest BCUT2D eigenvalue weighted by molar-refractivity contribution is 9.10. The summed E-state index contributed by atoms with van der Waals surface area (Å²) < 4.78 is 19.2. The van der Waals surface area contributed by atoms with Crippen LogP contribution in [0.25, 0.3) is 10.9 Å². The Kier molecular flexibility index (Phi) is 3.94. The van der Waals surface area contributed by atoms with Crippen LogP contribution in [0.5, 0.6) is 0 Å². The molecule has 4 aromatic rings. The highest BCUT2D eigenvalue weighted by Gasteiger charge is 2.11. The molecule has 0 amide bonds. The van der Waals surface area contributed by atoms with Gasteiger partial charge in [0.05, 0.1) is 19.4 Å². The van der Waals surface area contributed by atoms with Gasteiger partial charge < -0.3 is 9.13 Å². The molecule has 0 bridgehead atoms. The van der Waals surface area contributed by atoms with Crippen molar-refractivity contribution in [2.45, 2.75) is 13.1 Å². The average Bonchev–Trinajstić information content (AvgIpc) is 3.19. The molecule has 0 atom stereocenters. The predicted molar refractivity (Wildman–Crippen MR) is 96.5 cm³/mol. The van der Waals surface area contributed by atoms with Gasteiger partial charge in [-0.15, -0.1) is 0 Å². The van der Waals surface area contributed by atoms with E-state index in [9.17, 15) is 4.39 Å². The van der Waals surface area contributed by atoms with Crippen molar-refractivity contribution in [2.75, 3.05) is 0 Å². The summed E-state index contributed by atoms with van der Waals surface area (Å²) in [5, 5.41) is 1.16. The molecule has 0 N–H and O–H groups in total. The van der Waals surface area contributed by atoms with Gasteiger partial charge in [0.1, 0.15) is 5.82 Å². The van der Waals surface area contributed by atoms with E-state index < -0.39 is 0 Å². The fourth-order valence-corrected chi connectivity index (χ4v) is 3.35. The summed E-state index contributed by atoms with van der Waals surface area (Å²) in [6, 6.07) is 13.1. The summed E-state index contributed by atoms with van der Waals surface area (Å²) in [4.78, 5) is 4.10. The highest BCUT2D eigenvalue weighted by atomic mass is 79.9. The lowest BCUT2D eigenvalue weighted by molar-refractivity contribution is 0.602. The number of hydrogen-bond acceptors (Lipinski definition) is 1. The van der Waals surface area contributed by atoms with Gasteiger partial charge >= 0.3 is 0 Å². The number of aromatic nitrogens is 3. The van der Waals surface area contributed by atoms with Crippen LogP contribution in [-0.2, 0) is 13.1 Å². The van der Waals surface area contributed by atoms with Gasteiger partial charge in [0, 0.05) is 39.5 Å². The first-order valence-corrected chi connectivity index (χ1v) is 8.46. The lowest BCUT2D eigenvalue weighted by atomic mass is 10.2. The molecule has 0 unspecified atom stereocenters. The van der Waals surface area contributed by atoms with Gasteiger partial charge in [0.2, 0.25) is 0 Å². The Labute approximate surface area is 147 Å². The summed E-state index contributed by atoms with van der Waals surface area (Å²) >= 11 is 3.54. The molecule has 0 spiro atoms. The third-order valence-electron chi connectivity index (χ3n) is 4.14. The highest BCUT2D eigenvalue weighted by Crippen LogP contribution is 2.27. The molecular weight excluding hydrogens is 369 g/mol. The van der Waals surface area contributed by atoms with E-state index in [-0.39, 0.29) is 5.82 Å². The van der Waals surface area contributed by atoms with Crippen LogP contribution in [0.2, 0.25) is 0 Å². The number of imidazole rings is 1. The third-order valence-corrected chi connectivity index (χ3v) is 4.63. The largest absolute Gasteiger partial charge is 0.343 e. The van der Waals surface area contributed by atoms with Crippen LogP contribution in [0.15, 0.2) is 71.9 Å². The monoisotopic (exact) mass is 383 g/mol. The molecule has 0 radical (unpaired) electrons. The van der Waals surface area contributed by atoms with Crippen LogP contribution in [0.3, 0.4) is 0 Å². The zero-order valence-corrected chi connectivity index (χ0v) is 14.4. The molecule has 2 aromatic carbocycles. The Balaban J connectivity index is 1.79. The van der Waals surface area contributed by atoms with Crippen LogP contribution in [0.4, 0.5) is 4.39 Å². The van der Waals surface area contributed by atoms with Gasteiger partial charge in [-0.1, -0.05) is 34.1 Å². The second-order valence-electron chi connectivity index (χ2n) is 5.77. The van der Waals surface area contributed by atoms with Gasteiger partial charge in [-0.3, -0.25) is 0 Å². The Morgan fingerprint density at radius 3 is 2.71 bits per heavy atom. The van der Waals surface area contributed by atoms with Gasteiger partial charge in [-0.25, -0.2) is 9.37 Å². The molecule has 0 aliphatic carbocycles. The van der Waals surface area contributed by atoms with Gasteiger partial charge in [0.25, 0.3) is 0 Å². The SMILES string of the molecule is Fc1ccccc1Cn1cc(Cn2ccnc2)c2cc(Br)ccc21. The first-order chi connectivity index (χ1) is 11.7. The summed E-state index contributed by atoms with van der Waals surface area (Å²) in [5.41, 5.74) is 2.96. The van der Waals surface area contributed by atoms with Crippen molar-refractivity contribution in [3.05, 3.63) is 88.8 Å². The van der Waals surface area contributed by atoms with Crippen molar-refractivity contribution in [3.63, 3.8) is 0 Å². The van der Waals surface area contributed by atoms with Gasteiger partial charge in [0.15, 0.2) is 0 Å². The zero-order valence-electron chi connectivity index (χ0n) is 12.9. The minimum atomic E-state index is -0.173. The van der Waals surface area contributed by atoms with E-state index in [1.54, 1.807) is 18.6 Å². The minimum Gasteiger partial charge on any atom is -0.343 e. The van der Waals surface area contributed by atoms with Crippen molar-refractivity contribution in [1.82, 2.24) is 14.1 Å². The molecule has 0 fully saturated rings. The molecule has 2 aromatic heterocycles. The van der Waals surface area contributed by atoms with E-state index in [1.165, 1.54) is 11.6 Å². The molecular formula is C19H15BrFN3. The van der Waals surface area contributed by atoms with E-state index in [0.717, 1.165) is 21.9 Å². The standard InChI is InChI=1S/C19H15BrFN3/c20-16-5-6-19-17(9-16)15(10-23-8-7-22-13-23)12-24(19)11-14-3-1-2-4-18(14)21/h1-9,12-13H,10-11H2. The van der Waals surface area contributed by atoms with Crippen molar-refractivity contribution in [1.29, 1.82) is 0 Å². The molecule has 120 valence electrons. The maximum absolute atomic E-state index is 14.0. The maximum atomic E-state index is 14.0. The number of benzene rings is 2. The van der Waals surface area contributed by atoms with Crippen molar-refractivity contribution >= 4 is 26.8 Å².